The topological polar surface area (TPSA) is 154 Å². The van der Waals surface area contributed by atoms with Crippen LogP contribution in [0.4, 0.5) is 13.6 Å². The van der Waals surface area contributed by atoms with Crippen molar-refractivity contribution >= 4 is 17.6 Å². The van der Waals surface area contributed by atoms with Crippen molar-refractivity contribution in [1.29, 1.82) is 0 Å². The van der Waals surface area contributed by atoms with Gasteiger partial charge in [0.2, 0.25) is 0 Å². The second kappa shape index (κ2) is 9.26. The van der Waals surface area contributed by atoms with Gasteiger partial charge in [-0.25, -0.2) is 27.7 Å². The molecule has 0 aromatic carbocycles. The highest BCUT2D eigenvalue weighted by molar-refractivity contribution is 5.91. The lowest BCUT2D eigenvalue weighted by Crippen LogP contribution is -2.58. The summed E-state index contributed by atoms with van der Waals surface area (Å²) in [7, 11) is 1.44. The number of hydrogen-bond donors (Lipinski definition) is 2. The fraction of sp³-hybridized carbons (Fsp3) is 0.583. The molecule has 2 atom stereocenters. The van der Waals surface area contributed by atoms with Crippen molar-refractivity contribution in [2.75, 3.05) is 26.8 Å². The molecule has 3 aromatic heterocycles. The summed E-state index contributed by atoms with van der Waals surface area (Å²) in [4.78, 5) is 30.5. The molecule has 6 rings (SSSR count). The second-order valence-corrected chi connectivity index (χ2v) is 10.5. The average molecular weight is 531 g/mol. The lowest BCUT2D eigenvalue weighted by molar-refractivity contribution is -0.0509. The van der Waals surface area contributed by atoms with Gasteiger partial charge >= 0.3 is 6.03 Å². The number of amides is 3. The van der Waals surface area contributed by atoms with Gasteiger partial charge in [0.05, 0.1) is 49.7 Å². The first-order chi connectivity index (χ1) is 18.3. The Labute approximate surface area is 215 Å². The molecule has 0 bridgehead atoms. The molecule has 14 heteroatoms. The Balaban J connectivity index is 1.39. The van der Waals surface area contributed by atoms with Crippen molar-refractivity contribution in [3.05, 3.63) is 41.1 Å². The van der Waals surface area contributed by atoms with Crippen LogP contribution in [0.2, 0.25) is 0 Å². The maximum Gasteiger partial charge on any atom is 0.318 e. The minimum Gasteiger partial charge on any atom is -0.382 e. The molecule has 3 amide bonds. The summed E-state index contributed by atoms with van der Waals surface area (Å²) in [5.41, 5.74) is 7.53. The third kappa shape index (κ3) is 4.57. The second-order valence-electron chi connectivity index (χ2n) is 10.5. The van der Waals surface area contributed by atoms with Crippen LogP contribution >= 0.6 is 0 Å². The third-order valence-corrected chi connectivity index (χ3v) is 7.68. The van der Waals surface area contributed by atoms with Crippen molar-refractivity contribution in [1.82, 2.24) is 35.1 Å². The van der Waals surface area contributed by atoms with E-state index in [4.69, 9.17) is 20.1 Å². The maximum absolute atomic E-state index is 14.1. The summed E-state index contributed by atoms with van der Waals surface area (Å²) in [5.74, 6) is -3.01. The molecule has 2 aliphatic carbocycles. The number of nitrogens with two attached hydrogens (primary N) is 1. The van der Waals surface area contributed by atoms with E-state index in [0.29, 0.717) is 34.4 Å². The number of urea groups is 1. The first kappa shape index (κ1) is 24.6. The van der Waals surface area contributed by atoms with E-state index < -0.39 is 37.0 Å². The normalized spacial score (nSPS) is 21.1. The van der Waals surface area contributed by atoms with E-state index in [-0.39, 0.29) is 24.1 Å². The van der Waals surface area contributed by atoms with Gasteiger partial charge < -0.3 is 20.7 Å². The van der Waals surface area contributed by atoms with Gasteiger partial charge in [0.1, 0.15) is 5.69 Å². The molecule has 0 radical (unpaired) electrons. The van der Waals surface area contributed by atoms with Gasteiger partial charge in [-0.05, 0) is 54.7 Å². The molecule has 0 spiro atoms. The molecule has 38 heavy (non-hydrogen) atoms. The Morgan fingerprint density at radius 1 is 1.29 bits per heavy atom. The van der Waals surface area contributed by atoms with Crippen LogP contribution in [0.15, 0.2) is 23.1 Å². The Bertz CT molecular complexity index is 1360. The largest absolute Gasteiger partial charge is 0.382 e. The third-order valence-electron chi connectivity index (χ3n) is 7.68. The van der Waals surface area contributed by atoms with Crippen LogP contribution in [0.1, 0.15) is 65.1 Å². The van der Waals surface area contributed by atoms with Gasteiger partial charge in [0.25, 0.3) is 11.8 Å². The van der Waals surface area contributed by atoms with E-state index >= 15 is 0 Å². The summed E-state index contributed by atoms with van der Waals surface area (Å²) in [6, 6.07) is 0.305. The zero-order valence-corrected chi connectivity index (χ0v) is 20.7. The predicted octanol–water partition coefficient (Wildman–Crippen LogP) is 2.13. The van der Waals surface area contributed by atoms with E-state index in [1.165, 1.54) is 13.3 Å². The lowest BCUT2D eigenvalue weighted by Gasteiger charge is -2.38. The number of fused-ring (bicyclic) bond motifs is 1. The standard InChI is InChI=1S/C24H28F2N8O4/c1-37-9-16(33-11-24(25,26)10-28-23(33)36)14-6-17-30-15(8-34(17)29-7-14)19(18(12-2-3-12)13-4-5-13)20-21(22(27)35)32-38-31-20/h6-8,12-13,16,18-19H,2-5,9-11H2,1H3,(H2,27,35)(H,28,36)/t16-,19-/m1/s1. The number of halogens is 2. The molecule has 3 N–H and O–H groups in total. The van der Waals surface area contributed by atoms with E-state index in [1.54, 1.807) is 16.8 Å². The van der Waals surface area contributed by atoms with Crippen LogP contribution in [-0.2, 0) is 4.74 Å². The Morgan fingerprint density at radius 3 is 2.68 bits per heavy atom. The van der Waals surface area contributed by atoms with Crippen molar-refractivity contribution < 1.29 is 27.7 Å². The van der Waals surface area contributed by atoms with Crippen molar-refractivity contribution in [2.45, 2.75) is 43.6 Å². The number of imidazole rings is 1. The Morgan fingerprint density at radius 2 is 2.03 bits per heavy atom. The summed E-state index contributed by atoms with van der Waals surface area (Å²) in [5, 5.41) is 14.5. The number of nitrogens with one attached hydrogen (secondary N) is 1. The molecule has 4 heterocycles. The highest BCUT2D eigenvalue weighted by Crippen LogP contribution is 2.56. The van der Waals surface area contributed by atoms with Crippen LogP contribution in [0.5, 0.6) is 0 Å². The summed E-state index contributed by atoms with van der Waals surface area (Å²) in [6.07, 6.45) is 7.65. The van der Waals surface area contributed by atoms with Gasteiger partial charge in [-0.15, -0.1) is 0 Å². The highest BCUT2D eigenvalue weighted by Gasteiger charge is 2.49. The van der Waals surface area contributed by atoms with Gasteiger partial charge in [0.15, 0.2) is 11.3 Å². The number of hydrogen-bond acceptors (Lipinski definition) is 8. The number of aromatic nitrogens is 5. The molecule has 2 saturated carbocycles. The molecule has 12 nitrogen and oxygen atoms in total. The Hall–Kier alpha value is -3.68. The predicted molar refractivity (Wildman–Crippen MR) is 126 cm³/mol. The maximum atomic E-state index is 14.1. The monoisotopic (exact) mass is 530 g/mol. The zero-order valence-electron chi connectivity index (χ0n) is 20.7. The summed E-state index contributed by atoms with van der Waals surface area (Å²) >= 11 is 0. The van der Waals surface area contributed by atoms with Crippen molar-refractivity contribution in [2.24, 2.45) is 23.5 Å². The molecule has 0 unspecified atom stereocenters. The first-order valence-corrected chi connectivity index (χ1v) is 12.6. The van der Waals surface area contributed by atoms with Crippen LogP contribution in [0, 0.1) is 17.8 Å². The molecule has 3 aromatic rings. The number of rotatable bonds is 10. The fourth-order valence-electron chi connectivity index (χ4n) is 5.68. The molecule has 1 saturated heterocycles. The molecule has 3 fully saturated rings. The van der Waals surface area contributed by atoms with Crippen molar-refractivity contribution in [3.8, 4) is 0 Å². The Kier molecular flexibility index (Phi) is 6.00. The summed E-state index contributed by atoms with van der Waals surface area (Å²) < 4.78 is 40.1. The number of carbonyl (C=O) groups is 2. The molecule has 3 aliphatic rings. The van der Waals surface area contributed by atoms with Crippen molar-refractivity contribution in [3.63, 3.8) is 0 Å². The number of primary amides is 1. The SMILES string of the molecule is COC[C@H](c1cnn2cc([C@@H](c3nonc3C(N)=O)C(C3CC3)C3CC3)nc2c1)N1CC(F)(F)CNC1=O. The molecular formula is C24H28F2N8O4. The molecule has 202 valence electrons. The zero-order chi connectivity index (χ0) is 26.6. The molecule has 1 aliphatic heterocycles. The van der Waals surface area contributed by atoms with E-state index in [1.807, 2.05) is 0 Å². The van der Waals surface area contributed by atoms with Gasteiger partial charge in [-0.3, -0.25) is 4.79 Å². The smallest absolute Gasteiger partial charge is 0.318 e. The number of alkyl halides is 2. The van der Waals surface area contributed by atoms with E-state index in [2.05, 4.69) is 20.7 Å². The number of ether oxygens (including phenoxy) is 1. The number of nitrogens with zero attached hydrogens (tertiary/aromatic N) is 6. The minimum atomic E-state index is -3.07. The molecular weight excluding hydrogens is 502 g/mol. The van der Waals surface area contributed by atoms with Gasteiger partial charge in [-0.2, -0.15) is 5.10 Å². The number of carbonyl (C=O) groups excluding carboxylic acids is 2. The van der Waals surface area contributed by atoms with Crippen LogP contribution in [0.3, 0.4) is 0 Å². The number of methoxy groups -OCH3 is 1. The average Bonchev–Trinajstić information content (AvgIpc) is 3.81. The summed E-state index contributed by atoms with van der Waals surface area (Å²) in [6.45, 7) is -1.45. The van der Waals surface area contributed by atoms with Crippen LogP contribution < -0.4 is 11.1 Å². The van der Waals surface area contributed by atoms with E-state index in [9.17, 15) is 18.4 Å². The van der Waals surface area contributed by atoms with Gasteiger partial charge in [0, 0.05) is 12.7 Å². The first-order valence-electron chi connectivity index (χ1n) is 12.6. The van der Waals surface area contributed by atoms with E-state index in [0.717, 1.165) is 30.6 Å². The lowest BCUT2D eigenvalue weighted by atomic mass is 9.79. The quantitative estimate of drug-likeness (QED) is 0.404. The van der Waals surface area contributed by atoms with Crippen LogP contribution in [0.25, 0.3) is 5.65 Å². The van der Waals surface area contributed by atoms with Gasteiger partial charge in [-0.1, -0.05) is 5.16 Å². The highest BCUT2D eigenvalue weighted by atomic mass is 19.3. The fourth-order valence-corrected chi connectivity index (χ4v) is 5.68. The van der Waals surface area contributed by atoms with Crippen LogP contribution in [-0.4, -0.2) is 74.5 Å². The minimum absolute atomic E-state index is 0.00441.